The molecule has 0 spiro atoms. The van der Waals surface area contributed by atoms with Crippen molar-refractivity contribution in [2.45, 2.75) is 58.1 Å². The molecule has 1 aliphatic rings. The average Bonchev–Trinajstić information content (AvgIpc) is 2.86. The van der Waals surface area contributed by atoms with Crippen LogP contribution in [-0.4, -0.2) is 32.9 Å². The zero-order valence-corrected chi connectivity index (χ0v) is 14.6. The van der Waals surface area contributed by atoms with Crippen LogP contribution in [0, 0.1) is 19.7 Å². The Morgan fingerprint density at radius 3 is 2.64 bits per heavy atom. The van der Waals surface area contributed by atoms with Crippen molar-refractivity contribution < 1.29 is 14.3 Å². The van der Waals surface area contributed by atoms with Gasteiger partial charge in [-0.15, -0.1) is 0 Å². The summed E-state index contributed by atoms with van der Waals surface area (Å²) in [5.41, 5.74) is 3.27. The summed E-state index contributed by atoms with van der Waals surface area (Å²) in [4.78, 5) is 12.4. The number of amides is 1. The number of halogens is 1. The average molecular weight is 345 g/mol. The van der Waals surface area contributed by atoms with E-state index in [4.69, 9.17) is 0 Å². The Balaban J connectivity index is 1.74. The molecule has 1 aliphatic carbocycles. The molecule has 1 aromatic heterocycles. The van der Waals surface area contributed by atoms with E-state index in [-0.39, 0.29) is 24.2 Å². The van der Waals surface area contributed by atoms with Crippen LogP contribution in [-0.2, 0) is 11.2 Å². The van der Waals surface area contributed by atoms with Crippen molar-refractivity contribution in [3.05, 3.63) is 47.0 Å². The molecule has 2 N–H and O–H groups in total. The van der Waals surface area contributed by atoms with Crippen molar-refractivity contribution >= 4 is 5.91 Å². The molecule has 0 radical (unpaired) electrons. The summed E-state index contributed by atoms with van der Waals surface area (Å²) in [5.74, 6) is -0.397. The topological polar surface area (TPSA) is 67.2 Å². The summed E-state index contributed by atoms with van der Waals surface area (Å²) >= 11 is 0. The summed E-state index contributed by atoms with van der Waals surface area (Å²) in [7, 11) is 0. The second kappa shape index (κ2) is 7.35. The molecule has 0 aliphatic heterocycles. The Labute approximate surface area is 146 Å². The van der Waals surface area contributed by atoms with Crippen molar-refractivity contribution in [3.8, 4) is 5.69 Å². The zero-order valence-electron chi connectivity index (χ0n) is 14.6. The summed E-state index contributed by atoms with van der Waals surface area (Å²) in [6.07, 6.45) is 3.37. The van der Waals surface area contributed by atoms with Crippen LogP contribution in [0.25, 0.3) is 5.69 Å². The maximum Gasteiger partial charge on any atom is 0.224 e. The number of carbonyl (C=O) groups is 1. The molecule has 2 unspecified atom stereocenters. The third-order valence-corrected chi connectivity index (χ3v) is 4.93. The van der Waals surface area contributed by atoms with Crippen LogP contribution in [0.2, 0.25) is 0 Å². The third kappa shape index (κ3) is 3.90. The minimum atomic E-state index is -0.457. The van der Waals surface area contributed by atoms with Gasteiger partial charge in [-0.25, -0.2) is 9.07 Å². The van der Waals surface area contributed by atoms with Crippen LogP contribution in [0.5, 0.6) is 0 Å². The van der Waals surface area contributed by atoms with Crippen molar-refractivity contribution in [1.82, 2.24) is 15.1 Å². The molecule has 6 heteroatoms. The van der Waals surface area contributed by atoms with Crippen molar-refractivity contribution in [1.29, 1.82) is 0 Å². The number of aryl methyl sites for hydroxylation is 1. The molecule has 25 heavy (non-hydrogen) atoms. The fraction of sp³-hybridized carbons (Fsp3) is 0.474. The maximum absolute atomic E-state index is 13.1. The van der Waals surface area contributed by atoms with Gasteiger partial charge in [0.2, 0.25) is 5.91 Å². The number of aliphatic hydroxyl groups is 1. The Bertz CT molecular complexity index is 755. The summed E-state index contributed by atoms with van der Waals surface area (Å²) < 4.78 is 14.8. The largest absolute Gasteiger partial charge is 0.391 e. The van der Waals surface area contributed by atoms with E-state index in [9.17, 15) is 14.3 Å². The van der Waals surface area contributed by atoms with E-state index in [1.165, 1.54) is 12.1 Å². The molecule has 1 saturated carbocycles. The van der Waals surface area contributed by atoms with E-state index in [1.54, 1.807) is 16.8 Å². The van der Waals surface area contributed by atoms with Crippen molar-refractivity contribution in [3.63, 3.8) is 0 Å². The zero-order chi connectivity index (χ0) is 18.0. The fourth-order valence-corrected chi connectivity index (χ4v) is 3.46. The summed E-state index contributed by atoms with van der Waals surface area (Å²) in [6.45, 7) is 3.77. The molecule has 1 aromatic carbocycles. The number of carbonyl (C=O) groups excluding carboxylic acids is 1. The number of nitrogens with zero attached hydrogens (tertiary/aromatic N) is 2. The van der Waals surface area contributed by atoms with Gasteiger partial charge < -0.3 is 10.4 Å². The molecular formula is C19H24FN3O2. The molecular weight excluding hydrogens is 321 g/mol. The second-order valence-corrected chi connectivity index (χ2v) is 6.74. The predicted molar refractivity (Wildman–Crippen MR) is 93.1 cm³/mol. The van der Waals surface area contributed by atoms with Gasteiger partial charge in [-0.3, -0.25) is 4.79 Å². The van der Waals surface area contributed by atoms with Gasteiger partial charge in [0.25, 0.3) is 0 Å². The quantitative estimate of drug-likeness (QED) is 0.895. The van der Waals surface area contributed by atoms with Gasteiger partial charge in [-0.1, -0.05) is 12.8 Å². The first-order valence-corrected chi connectivity index (χ1v) is 8.74. The minimum absolute atomic E-state index is 0.101. The highest BCUT2D eigenvalue weighted by Gasteiger charge is 2.25. The van der Waals surface area contributed by atoms with Gasteiger partial charge in [-0.2, -0.15) is 5.10 Å². The molecule has 1 amide bonds. The monoisotopic (exact) mass is 345 g/mol. The molecule has 1 fully saturated rings. The van der Waals surface area contributed by atoms with Crippen LogP contribution >= 0.6 is 0 Å². The number of nitrogens with one attached hydrogen (secondary N) is 1. The molecule has 134 valence electrons. The van der Waals surface area contributed by atoms with Gasteiger partial charge in [0.05, 0.1) is 29.9 Å². The number of hydrogen-bond donors (Lipinski definition) is 2. The van der Waals surface area contributed by atoms with Crippen LogP contribution < -0.4 is 5.32 Å². The Morgan fingerprint density at radius 2 is 1.96 bits per heavy atom. The number of aromatic nitrogens is 2. The first kappa shape index (κ1) is 17.6. The fourth-order valence-electron chi connectivity index (χ4n) is 3.46. The lowest BCUT2D eigenvalue weighted by Crippen LogP contribution is -2.45. The van der Waals surface area contributed by atoms with Crippen LogP contribution in [0.1, 0.15) is 42.6 Å². The standard InChI is InChI=1S/C19H24FN3O2/c1-12-16(11-19(25)21-17-5-3-4-6-18(17)24)13(2)23(22-12)15-9-7-14(20)8-10-15/h7-10,17-18,24H,3-6,11H2,1-2H3,(H,21,25). The van der Waals surface area contributed by atoms with E-state index in [1.807, 2.05) is 13.8 Å². The van der Waals surface area contributed by atoms with E-state index in [2.05, 4.69) is 10.4 Å². The van der Waals surface area contributed by atoms with E-state index in [0.717, 1.165) is 48.3 Å². The predicted octanol–water partition coefficient (Wildman–Crippen LogP) is 2.59. The summed E-state index contributed by atoms with van der Waals surface area (Å²) in [5, 5.41) is 17.4. The van der Waals surface area contributed by atoms with Crippen molar-refractivity contribution in [2.75, 3.05) is 0 Å². The lowest BCUT2D eigenvalue weighted by molar-refractivity contribution is -0.122. The molecule has 2 aromatic rings. The SMILES string of the molecule is Cc1nn(-c2ccc(F)cc2)c(C)c1CC(=O)NC1CCCCC1O. The number of benzene rings is 1. The molecule has 1 heterocycles. The lowest BCUT2D eigenvalue weighted by Gasteiger charge is -2.28. The number of rotatable bonds is 4. The molecule has 5 nitrogen and oxygen atoms in total. The molecule has 3 rings (SSSR count). The van der Waals surface area contributed by atoms with Gasteiger partial charge in [-0.05, 0) is 51.0 Å². The van der Waals surface area contributed by atoms with Gasteiger partial charge in [0.15, 0.2) is 0 Å². The van der Waals surface area contributed by atoms with Crippen LogP contribution in [0.15, 0.2) is 24.3 Å². The highest BCUT2D eigenvalue weighted by atomic mass is 19.1. The first-order chi connectivity index (χ1) is 12.0. The third-order valence-electron chi connectivity index (χ3n) is 4.93. The Kier molecular flexibility index (Phi) is 5.18. The minimum Gasteiger partial charge on any atom is -0.391 e. The lowest BCUT2D eigenvalue weighted by atomic mass is 9.92. The number of hydrogen-bond acceptors (Lipinski definition) is 3. The maximum atomic E-state index is 13.1. The van der Waals surface area contributed by atoms with Crippen molar-refractivity contribution in [2.24, 2.45) is 0 Å². The van der Waals surface area contributed by atoms with E-state index >= 15 is 0 Å². The van der Waals surface area contributed by atoms with E-state index < -0.39 is 6.10 Å². The van der Waals surface area contributed by atoms with Gasteiger partial charge in [0, 0.05) is 11.3 Å². The summed E-state index contributed by atoms with van der Waals surface area (Å²) in [6, 6.07) is 5.95. The molecule has 2 atom stereocenters. The highest BCUT2D eigenvalue weighted by Crippen LogP contribution is 2.21. The Hall–Kier alpha value is -2.21. The smallest absolute Gasteiger partial charge is 0.224 e. The van der Waals surface area contributed by atoms with Crippen LogP contribution in [0.3, 0.4) is 0 Å². The van der Waals surface area contributed by atoms with E-state index in [0.29, 0.717) is 0 Å². The Morgan fingerprint density at radius 1 is 1.28 bits per heavy atom. The first-order valence-electron chi connectivity index (χ1n) is 8.74. The highest BCUT2D eigenvalue weighted by molar-refractivity contribution is 5.79. The molecule has 0 saturated heterocycles. The molecule has 0 bridgehead atoms. The normalized spacial score (nSPS) is 20.5. The van der Waals surface area contributed by atoms with Crippen LogP contribution in [0.4, 0.5) is 4.39 Å². The second-order valence-electron chi connectivity index (χ2n) is 6.74. The number of aliphatic hydroxyl groups excluding tert-OH is 1. The van der Waals surface area contributed by atoms with Gasteiger partial charge >= 0.3 is 0 Å². The van der Waals surface area contributed by atoms with Gasteiger partial charge in [0.1, 0.15) is 5.82 Å².